The van der Waals surface area contributed by atoms with Crippen LogP contribution in [0.5, 0.6) is 11.5 Å². The lowest BCUT2D eigenvalue weighted by atomic mass is 10.1. The van der Waals surface area contributed by atoms with Crippen LogP contribution in [-0.4, -0.2) is 35.3 Å². The van der Waals surface area contributed by atoms with Crippen LogP contribution < -0.4 is 14.8 Å². The summed E-state index contributed by atoms with van der Waals surface area (Å²) in [7, 11) is 0. The normalized spacial score (nSPS) is 14.1. The lowest BCUT2D eigenvalue weighted by Crippen LogP contribution is -2.28. The summed E-state index contributed by atoms with van der Waals surface area (Å²) in [5.41, 5.74) is 1.07. The van der Waals surface area contributed by atoms with Crippen molar-refractivity contribution in [2.45, 2.75) is 18.1 Å². The van der Waals surface area contributed by atoms with Crippen LogP contribution in [0.2, 0.25) is 5.02 Å². The summed E-state index contributed by atoms with van der Waals surface area (Å²) >= 11 is 7.39. The molecule has 0 saturated heterocycles. The molecule has 1 N–H and O–H groups in total. The van der Waals surface area contributed by atoms with Crippen LogP contribution in [0.4, 0.5) is 0 Å². The molecule has 24 heavy (non-hydrogen) atoms. The van der Waals surface area contributed by atoms with Crippen LogP contribution in [0.25, 0.3) is 0 Å². The maximum atomic E-state index is 12.5. The van der Waals surface area contributed by atoms with Crippen molar-refractivity contribution in [1.82, 2.24) is 15.3 Å². The fourth-order valence-corrected chi connectivity index (χ4v) is 2.80. The molecule has 0 fully saturated rings. The Morgan fingerprint density at radius 3 is 2.83 bits per heavy atom. The number of hydrogen-bond acceptors (Lipinski definition) is 6. The zero-order valence-electron chi connectivity index (χ0n) is 13.2. The highest BCUT2D eigenvalue weighted by atomic mass is 35.5. The molecule has 0 aliphatic carbocycles. The molecule has 8 heteroatoms. The van der Waals surface area contributed by atoms with Crippen molar-refractivity contribution in [3.8, 4) is 11.5 Å². The first kappa shape index (κ1) is 16.9. The molecule has 1 aromatic carbocycles. The van der Waals surface area contributed by atoms with Crippen molar-refractivity contribution in [1.29, 1.82) is 0 Å². The van der Waals surface area contributed by atoms with Gasteiger partial charge < -0.3 is 14.8 Å². The van der Waals surface area contributed by atoms with E-state index in [0.29, 0.717) is 29.9 Å². The van der Waals surface area contributed by atoms with E-state index in [1.807, 2.05) is 31.4 Å². The monoisotopic (exact) mass is 365 g/mol. The minimum absolute atomic E-state index is 0.167. The van der Waals surface area contributed by atoms with E-state index < -0.39 is 0 Å². The lowest BCUT2D eigenvalue weighted by molar-refractivity contribution is 0.0934. The van der Waals surface area contributed by atoms with Crippen molar-refractivity contribution < 1.29 is 14.3 Å². The molecule has 0 spiro atoms. The van der Waals surface area contributed by atoms with Gasteiger partial charge in [-0.1, -0.05) is 29.4 Å². The van der Waals surface area contributed by atoms with Gasteiger partial charge in [-0.25, -0.2) is 9.97 Å². The van der Waals surface area contributed by atoms with Gasteiger partial charge in [0.1, 0.15) is 13.2 Å². The first-order valence-electron chi connectivity index (χ1n) is 7.35. The van der Waals surface area contributed by atoms with Crippen LogP contribution in [0, 0.1) is 0 Å². The molecule has 0 unspecified atom stereocenters. The molecule has 1 atom stereocenters. The molecular formula is C16H16ClN3O3S. The quantitative estimate of drug-likeness (QED) is 0.663. The average Bonchev–Trinajstić information content (AvgIpc) is 2.61. The summed E-state index contributed by atoms with van der Waals surface area (Å²) in [6.45, 7) is 2.95. The summed E-state index contributed by atoms with van der Waals surface area (Å²) < 4.78 is 11.1. The van der Waals surface area contributed by atoms with Gasteiger partial charge in [0.2, 0.25) is 0 Å². The van der Waals surface area contributed by atoms with E-state index in [0.717, 1.165) is 5.56 Å². The Bertz CT molecular complexity index is 772. The number of carbonyl (C=O) groups excluding carboxylic acids is 1. The van der Waals surface area contributed by atoms with E-state index in [2.05, 4.69) is 15.3 Å². The van der Waals surface area contributed by atoms with Gasteiger partial charge in [0.25, 0.3) is 5.91 Å². The third-order valence-electron chi connectivity index (χ3n) is 3.53. The highest BCUT2D eigenvalue weighted by Crippen LogP contribution is 2.32. The average molecular weight is 366 g/mol. The predicted molar refractivity (Wildman–Crippen MR) is 92.1 cm³/mol. The van der Waals surface area contributed by atoms with Gasteiger partial charge in [-0.2, -0.15) is 0 Å². The highest BCUT2D eigenvalue weighted by Gasteiger charge is 2.19. The van der Waals surface area contributed by atoms with Crippen molar-refractivity contribution in [3.05, 3.63) is 40.7 Å². The van der Waals surface area contributed by atoms with E-state index in [-0.39, 0.29) is 22.7 Å². The number of rotatable bonds is 4. The minimum atomic E-state index is -0.347. The van der Waals surface area contributed by atoms with E-state index in [4.69, 9.17) is 21.1 Å². The Morgan fingerprint density at radius 2 is 2.08 bits per heavy atom. The second-order valence-electron chi connectivity index (χ2n) is 5.15. The number of benzene rings is 1. The molecule has 2 aromatic rings. The number of carbonyl (C=O) groups is 1. The van der Waals surface area contributed by atoms with Gasteiger partial charge in [0, 0.05) is 0 Å². The van der Waals surface area contributed by atoms with Gasteiger partial charge in [-0.3, -0.25) is 4.79 Å². The first-order chi connectivity index (χ1) is 11.6. The Morgan fingerprint density at radius 1 is 1.33 bits per heavy atom. The van der Waals surface area contributed by atoms with E-state index in [1.165, 1.54) is 18.0 Å². The van der Waals surface area contributed by atoms with Crippen LogP contribution in [0.1, 0.15) is 29.0 Å². The summed E-state index contributed by atoms with van der Waals surface area (Å²) in [5.74, 6) is 1.05. The number of nitrogens with one attached hydrogen (secondary N) is 1. The van der Waals surface area contributed by atoms with Crippen molar-refractivity contribution in [2.75, 3.05) is 19.5 Å². The Balaban J connectivity index is 1.77. The van der Waals surface area contributed by atoms with Crippen LogP contribution in [0.15, 0.2) is 29.6 Å². The fraction of sp³-hybridized carbons (Fsp3) is 0.312. The molecule has 1 aliphatic heterocycles. The maximum Gasteiger partial charge on any atom is 0.272 e. The fourth-order valence-electron chi connectivity index (χ4n) is 2.29. The summed E-state index contributed by atoms with van der Waals surface area (Å²) in [6, 6.07) is 5.37. The molecule has 1 aliphatic rings. The van der Waals surface area contributed by atoms with E-state index >= 15 is 0 Å². The molecule has 0 bridgehead atoms. The van der Waals surface area contributed by atoms with E-state index in [9.17, 15) is 4.79 Å². The van der Waals surface area contributed by atoms with Crippen molar-refractivity contribution in [3.63, 3.8) is 0 Å². The molecule has 6 nitrogen and oxygen atoms in total. The molecule has 0 saturated carbocycles. The molecular weight excluding hydrogens is 350 g/mol. The number of amides is 1. The number of hydrogen-bond donors (Lipinski definition) is 1. The van der Waals surface area contributed by atoms with Gasteiger partial charge in [0.05, 0.1) is 17.3 Å². The molecule has 3 rings (SSSR count). The van der Waals surface area contributed by atoms with Gasteiger partial charge in [0.15, 0.2) is 22.3 Å². The third-order valence-corrected chi connectivity index (χ3v) is 4.37. The number of nitrogens with zero attached hydrogens (tertiary/aromatic N) is 2. The Labute approximate surface area is 148 Å². The molecule has 1 aromatic heterocycles. The van der Waals surface area contributed by atoms with Crippen molar-refractivity contribution >= 4 is 29.3 Å². The lowest BCUT2D eigenvalue weighted by Gasteiger charge is -2.21. The number of fused-ring (bicyclic) bond motifs is 1. The number of aromatic nitrogens is 2. The molecule has 1 amide bonds. The highest BCUT2D eigenvalue weighted by molar-refractivity contribution is 7.98. The minimum Gasteiger partial charge on any atom is -0.486 e. The zero-order chi connectivity index (χ0) is 17.1. The van der Waals surface area contributed by atoms with E-state index in [1.54, 1.807) is 0 Å². The number of thioether (sulfide) groups is 1. The molecule has 126 valence electrons. The van der Waals surface area contributed by atoms with Crippen LogP contribution >= 0.6 is 23.4 Å². The Hall–Kier alpha value is -1.99. The standard InChI is InChI=1S/C16H16ClN3O3S/c1-9(10-3-4-12-13(7-10)23-6-5-22-12)19-15(21)14-11(17)8-18-16(20-14)24-2/h3-4,7-9H,5-6H2,1-2H3,(H,19,21)/t9-/m1/s1. The second-order valence-corrected chi connectivity index (χ2v) is 6.33. The van der Waals surface area contributed by atoms with Gasteiger partial charge in [-0.05, 0) is 30.9 Å². The third kappa shape index (κ3) is 3.57. The topological polar surface area (TPSA) is 73.3 Å². The predicted octanol–water partition coefficient (Wildman–Crippen LogP) is 3.11. The Kier molecular flexibility index (Phi) is 5.11. The number of ether oxygens (including phenoxy) is 2. The van der Waals surface area contributed by atoms with Gasteiger partial charge in [-0.15, -0.1) is 0 Å². The molecule has 2 heterocycles. The zero-order valence-corrected chi connectivity index (χ0v) is 14.8. The smallest absolute Gasteiger partial charge is 0.272 e. The summed E-state index contributed by atoms with van der Waals surface area (Å²) in [6.07, 6.45) is 3.27. The maximum absolute atomic E-state index is 12.5. The second kappa shape index (κ2) is 7.27. The van der Waals surface area contributed by atoms with Crippen LogP contribution in [0.3, 0.4) is 0 Å². The summed E-state index contributed by atoms with van der Waals surface area (Å²) in [4.78, 5) is 20.7. The van der Waals surface area contributed by atoms with Crippen LogP contribution in [-0.2, 0) is 0 Å². The number of halogens is 1. The molecule has 0 radical (unpaired) electrons. The van der Waals surface area contributed by atoms with Gasteiger partial charge >= 0.3 is 0 Å². The first-order valence-corrected chi connectivity index (χ1v) is 8.95. The summed E-state index contributed by atoms with van der Waals surface area (Å²) in [5, 5.41) is 3.61. The van der Waals surface area contributed by atoms with Crippen molar-refractivity contribution in [2.24, 2.45) is 0 Å². The largest absolute Gasteiger partial charge is 0.486 e. The SMILES string of the molecule is CSc1ncc(Cl)c(C(=O)N[C@H](C)c2ccc3c(c2)OCCO3)n1.